The normalized spacial score (nSPS) is 10.4. The Bertz CT molecular complexity index is 549. The highest BCUT2D eigenvalue weighted by Crippen LogP contribution is 2.19. The molecule has 4 nitrogen and oxygen atoms in total. The highest BCUT2D eigenvalue weighted by Gasteiger charge is 2.10. The molecule has 0 aliphatic rings. The highest BCUT2D eigenvalue weighted by molar-refractivity contribution is 6.33. The van der Waals surface area contributed by atoms with Gasteiger partial charge in [-0.1, -0.05) is 11.6 Å². The van der Waals surface area contributed by atoms with Crippen LogP contribution in [0.4, 0.5) is 0 Å². The summed E-state index contributed by atoms with van der Waals surface area (Å²) in [5.74, 6) is -1.05. The Morgan fingerprint density at radius 1 is 1.50 bits per heavy atom. The quantitative estimate of drug-likeness (QED) is 0.872. The Morgan fingerprint density at radius 2 is 2.25 bits per heavy atom. The first kappa shape index (κ1) is 10.7. The highest BCUT2D eigenvalue weighted by atomic mass is 35.5. The minimum atomic E-state index is -1.05. The second-order valence-electron chi connectivity index (χ2n) is 3.43. The van der Waals surface area contributed by atoms with Crippen molar-refractivity contribution in [3.05, 3.63) is 46.7 Å². The zero-order valence-electron chi connectivity index (χ0n) is 8.51. The van der Waals surface area contributed by atoms with Crippen molar-refractivity contribution in [3.8, 4) is 5.69 Å². The molecular weight excluding hydrogens is 228 g/mol. The van der Waals surface area contributed by atoms with Crippen molar-refractivity contribution < 1.29 is 9.90 Å². The molecule has 1 heterocycles. The lowest BCUT2D eigenvalue weighted by molar-refractivity contribution is 0.0697. The van der Waals surface area contributed by atoms with Gasteiger partial charge in [0.2, 0.25) is 0 Å². The van der Waals surface area contributed by atoms with Gasteiger partial charge in [0.15, 0.2) is 0 Å². The molecule has 2 aromatic rings. The number of carboxylic acid groups (broad SMARTS) is 1. The Hall–Kier alpha value is -1.81. The Morgan fingerprint density at radius 3 is 2.81 bits per heavy atom. The number of hydrogen-bond donors (Lipinski definition) is 1. The number of halogens is 1. The van der Waals surface area contributed by atoms with Crippen molar-refractivity contribution in [2.75, 3.05) is 0 Å². The second kappa shape index (κ2) is 3.98. The van der Waals surface area contributed by atoms with Gasteiger partial charge in [0.05, 0.1) is 22.5 Å². The van der Waals surface area contributed by atoms with Crippen LogP contribution in [-0.2, 0) is 0 Å². The third-order valence-corrected chi connectivity index (χ3v) is 2.49. The number of nitrogens with zero attached hydrogens (tertiary/aromatic N) is 2. The van der Waals surface area contributed by atoms with E-state index < -0.39 is 5.97 Å². The maximum absolute atomic E-state index is 10.9. The molecule has 0 aliphatic carbocycles. The molecule has 1 aromatic heterocycles. The molecule has 1 N–H and O–H groups in total. The van der Waals surface area contributed by atoms with Gasteiger partial charge in [0, 0.05) is 6.20 Å². The first-order valence-electron chi connectivity index (χ1n) is 4.62. The Labute approximate surface area is 97.1 Å². The predicted molar refractivity (Wildman–Crippen MR) is 60.3 cm³/mol. The number of carbonyl (C=O) groups is 1. The Balaban J connectivity index is 2.51. The summed E-state index contributed by atoms with van der Waals surface area (Å²) < 4.78 is 1.61. The van der Waals surface area contributed by atoms with Crippen molar-refractivity contribution in [2.45, 2.75) is 6.92 Å². The Kier molecular flexibility index (Phi) is 2.66. The van der Waals surface area contributed by atoms with E-state index in [0.717, 1.165) is 5.56 Å². The van der Waals surface area contributed by atoms with Gasteiger partial charge in [-0.3, -0.25) is 0 Å². The van der Waals surface area contributed by atoms with Crippen LogP contribution in [0, 0.1) is 6.92 Å². The molecule has 0 bridgehead atoms. The molecule has 0 fully saturated rings. The van der Waals surface area contributed by atoms with Gasteiger partial charge >= 0.3 is 5.97 Å². The minimum absolute atomic E-state index is 0.0762. The summed E-state index contributed by atoms with van der Waals surface area (Å²) in [6.45, 7) is 1.91. The topological polar surface area (TPSA) is 55.1 Å². The van der Waals surface area contributed by atoms with Crippen LogP contribution < -0.4 is 0 Å². The zero-order valence-corrected chi connectivity index (χ0v) is 9.27. The van der Waals surface area contributed by atoms with E-state index in [1.165, 1.54) is 6.07 Å². The van der Waals surface area contributed by atoms with Crippen LogP contribution in [-0.4, -0.2) is 20.9 Å². The van der Waals surface area contributed by atoms with Crippen LogP contribution in [0.5, 0.6) is 0 Å². The average Bonchev–Trinajstić information content (AvgIpc) is 2.65. The molecule has 82 valence electrons. The van der Waals surface area contributed by atoms with E-state index in [9.17, 15) is 4.79 Å². The van der Waals surface area contributed by atoms with Crippen molar-refractivity contribution >= 4 is 17.6 Å². The van der Waals surface area contributed by atoms with Gasteiger partial charge < -0.3 is 5.11 Å². The molecule has 0 amide bonds. The molecule has 0 aliphatic heterocycles. The summed E-state index contributed by atoms with van der Waals surface area (Å²) in [5.41, 5.74) is 1.76. The summed E-state index contributed by atoms with van der Waals surface area (Å²) in [6, 6.07) is 4.77. The lowest BCUT2D eigenvalue weighted by atomic mass is 10.2. The average molecular weight is 237 g/mol. The monoisotopic (exact) mass is 236 g/mol. The van der Waals surface area contributed by atoms with Gasteiger partial charge in [0.1, 0.15) is 0 Å². The minimum Gasteiger partial charge on any atom is -0.478 e. The van der Waals surface area contributed by atoms with E-state index in [1.807, 2.05) is 13.1 Å². The van der Waals surface area contributed by atoms with E-state index in [0.29, 0.717) is 5.69 Å². The van der Waals surface area contributed by atoms with Crippen LogP contribution in [0.3, 0.4) is 0 Å². The molecule has 16 heavy (non-hydrogen) atoms. The predicted octanol–water partition coefficient (Wildman–Crippen LogP) is 2.53. The number of carboxylic acids is 1. The number of hydrogen-bond acceptors (Lipinski definition) is 2. The molecular formula is C11H9ClN2O2. The van der Waals surface area contributed by atoms with Crippen LogP contribution in [0.15, 0.2) is 30.6 Å². The smallest absolute Gasteiger partial charge is 0.337 e. The van der Waals surface area contributed by atoms with Gasteiger partial charge in [-0.25, -0.2) is 9.48 Å². The molecule has 5 heteroatoms. The molecule has 0 unspecified atom stereocenters. The molecule has 0 saturated carbocycles. The van der Waals surface area contributed by atoms with E-state index in [4.69, 9.17) is 16.7 Å². The molecule has 2 rings (SSSR count). The van der Waals surface area contributed by atoms with Gasteiger partial charge in [-0.15, -0.1) is 0 Å². The van der Waals surface area contributed by atoms with Crippen molar-refractivity contribution in [2.24, 2.45) is 0 Å². The van der Waals surface area contributed by atoms with Crippen molar-refractivity contribution in [1.29, 1.82) is 0 Å². The molecule has 0 radical (unpaired) electrons. The summed E-state index contributed by atoms with van der Waals surface area (Å²) in [5, 5.41) is 13.2. The zero-order chi connectivity index (χ0) is 11.7. The third kappa shape index (κ3) is 1.92. The summed E-state index contributed by atoms with van der Waals surface area (Å²) in [6.07, 6.45) is 3.52. The third-order valence-electron chi connectivity index (χ3n) is 2.16. The number of aromatic carboxylic acids is 1. The fourth-order valence-electron chi connectivity index (χ4n) is 1.37. The fraction of sp³-hybridized carbons (Fsp3) is 0.0909. The fourth-order valence-corrected chi connectivity index (χ4v) is 1.57. The molecule has 0 spiro atoms. The molecule has 1 aromatic carbocycles. The van der Waals surface area contributed by atoms with Gasteiger partial charge in [-0.2, -0.15) is 5.10 Å². The number of rotatable bonds is 2. The van der Waals surface area contributed by atoms with E-state index in [-0.39, 0.29) is 10.6 Å². The molecule has 0 saturated heterocycles. The maximum Gasteiger partial charge on any atom is 0.337 e. The summed E-state index contributed by atoms with van der Waals surface area (Å²) in [4.78, 5) is 10.9. The lowest BCUT2D eigenvalue weighted by Gasteiger charge is -2.04. The standard InChI is InChI=1S/C11H9ClN2O2/c1-7-5-13-14(6-7)8-2-3-10(12)9(4-8)11(15)16/h2-6H,1H3,(H,15,16). The molecule has 0 atom stereocenters. The first-order valence-corrected chi connectivity index (χ1v) is 5.00. The number of aromatic nitrogens is 2. The van der Waals surface area contributed by atoms with E-state index >= 15 is 0 Å². The van der Waals surface area contributed by atoms with Gasteiger partial charge in [-0.05, 0) is 30.7 Å². The summed E-state index contributed by atoms with van der Waals surface area (Å²) in [7, 11) is 0. The maximum atomic E-state index is 10.9. The van der Waals surface area contributed by atoms with Crippen LogP contribution >= 0.6 is 11.6 Å². The van der Waals surface area contributed by atoms with Crippen molar-refractivity contribution in [3.63, 3.8) is 0 Å². The van der Waals surface area contributed by atoms with E-state index in [2.05, 4.69) is 5.10 Å². The van der Waals surface area contributed by atoms with E-state index in [1.54, 1.807) is 23.0 Å². The number of benzene rings is 1. The lowest BCUT2D eigenvalue weighted by Crippen LogP contribution is -2.01. The first-order chi connectivity index (χ1) is 7.58. The van der Waals surface area contributed by atoms with Gasteiger partial charge in [0.25, 0.3) is 0 Å². The van der Waals surface area contributed by atoms with Crippen LogP contribution in [0.25, 0.3) is 5.69 Å². The largest absolute Gasteiger partial charge is 0.478 e. The van der Waals surface area contributed by atoms with Crippen LogP contribution in [0.2, 0.25) is 5.02 Å². The SMILES string of the molecule is Cc1cnn(-c2ccc(Cl)c(C(=O)O)c2)c1. The number of aryl methyl sites for hydroxylation is 1. The van der Waals surface area contributed by atoms with Crippen molar-refractivity contribution in [1.82, 2.24) is 9.78 Å². The summed E-state index contributed by atoms with van der Waals surface area (Å²) >= 11 is 5.77. The second-order valence-corrected chi connectivity index (χ2v) is 3.84. The van der Waals surface area contributed by atoms with Crippen LogP contribution in [0.1, 0.15) is 15.9 Å².